The van der Waals surface area contributed by atoms with Crippen molar-refractivity contribution in [1.82, 2.24) is 0 Å². The molecule has 2 heteroatoms. The molecule has 1 aliphatic rings. The fourth-order valence-electron chi connectivity index (χ4n) is 4.39. The molecular weight excluding hydrogens is 388 g/mol. The van der Waals surface area contributed by atoms with E-state index >= 15 is 0 Å². The van der Waals surface area contributed by atoms with Gasteiger partial charge in [-0.15, -0.1) is 0 Å². The van der Waals surface area contributed by atoms with Gasteiger partial charge in [0.05, 0.1) is 8.80 Å². The van der Waals surface area contributed by atoms with E-state index in [1.165, 1.54) is 27.8 Å². The van der Waals surface area contributed by atoms with Crippen LogP contribution in [0.5, 0.6) is 0 Å². The minimum absolute atomic E-state index is 0. The Balaban J connectivity index is 0. The van der Waals surface area contributed by atoms with Gasteiger partial charge in [0.2, 0.25) is 0 Å². The Bertz CT molecular complexity index is 800. The summed E-state index contributed by atoms with van der Waals surface area (Å²) in [4.78, 5) is 0. The minimum atomic E-state index is -1.41. The van der Waals surface area contributed by atoms with Gasteiger partial charge in [0.15, 0.2) is 0 Å². The van der Waals surface area contributed by atoms with E-state index in [0.717, 1.165) is 6.42 Å². The van der Waals surface area contributed by atoms with Gasteiger partial charge in [0.25, 0.3) is 0 Å². The van der Waals surface area contributed by atoms with Gasteiger partial charge in [-0.05, 0) is 18.4 Å². The van der Waals surface area contributed by atoms with Crippen molar-refractivity contribution in [3.05, 3.63) is 98.7 Å². The summed E-state index contributed by atoms with van der Waals surface area (Å²) in [6.07, 6.45) is 10.4. The van der Waals surface area contributed by atoms with Crippen LogP contribution in [0.15, 0.2) is 48.6 Å². The van der Waals surface area contributed by atoms with Crippen LogP contribution in [0.25, 0.3) is 0 Å². The number of hydrogen-bond donors (Lipinski definition) is 0. The molecule has 2 aromatic carbocycles. The van der Waals surface area contributed by atoms with Crippen LogP contribution >= 0.6 is 0 Å². The van der Waals surface area contributed by atoms with Crippen LogP contribution in [-0.4, -0.2) is 8.80 Å². The van der Waals surface area contributed by atoms with E-state index in [0.29, 0.717) is 0 Å². The quantitative estimate of drug-likeness (QED) is 0.423. The van der Waals surface area contributed by atoms with E-state index in [4.69, 9.17) is 0 Å². The third kappa shape index (κ3) is 4.93. The molecule has 150 valence electrons. The summed E-state index contributed by atoms with van der Waals surface area (Å²) in [7, 11) is -1.41. The number of allylic oxidation sites excluding steroid dienone is 4. The van der Waals surface area contributed by atoms with Crippen LogP contribution in [0.3, 0.4) is 0 Å². The number of benzene rings is 1. The van der Waals surface area contributed by atoms with Crippen molar-refractivity contribution >= 4 is 19.2 Å². The Morgan fingerprint density at radius 3 is 1.86 bits per heavy atom. The van der Waals surface area contributed by atoms with Crippen LogP contribution in [0.4, 0.5) is 0 Å². The van der Waals surface area contributed by atoms with Gasteiger partial charge in [0.1, 0.15) is 0 Å². The molecule has 2 unspecified atom stereocenters. The zero-order valence-electron chi connectivity index (χ0n) is 19.4. The zero-order chi connectivity index (χ0) is 17.5. The van der Waals surface area contributed by atoms with Crippen LogP contribution in [0, 0.1) is 56.9 Å². The van der Waals surface area contributed by atoms with Gasteiger partial charge in [-0.25, -0.2) is 0 Å². The Morgan fingerprint density at radius 1 is 0.857 bits per heavy atom. The average Bonchev–Trinajstić information content (AvgIpc) is 2.75. The second kappa shape index (κ2) is 11.2. The number of hydrogen-bond acceptors (Lipinski definition) is 0. The van der Waals surface area contributed by atoms with E-state index in [1.54, 1.807) is 10.4 Å². The van der Waals surface area contributed by atoms with Crippen LogP contribution in [0.1, 0.15) is 41.2 Å². The first-order valence-corrected chi connectivity index (χ1v) is 10.7. The average molecular weight is 427 g/mol. The summed E-state index contributed by atoms with van der Waals surface area (Å²) >= 11 is 0. The second-order valence-electron chi connectivity index (χ2n) is 7.70. The maximum Gasteiger partial charge on any atom is 4.00 e. The van der Waals surface area contributed by atoms with Gasteiger partial charge < -0.3 is 22.3 Å². The Labute approximate surface area is 192 Å². The van der Waals surface area contributed by atoms with Crippen molar-refractivity contribution in [2.24, 2.45) is 0 Å². The predicted octanol–water partition coefficient (Wildman–Crippen LogP) is 5.91. The van der Waals surface area contributed by atoms with Crippen molar-refractivity contribution in [2.45, 2.75) is 53.0 Å². The number of aryl methyl sites for hydroxylation is 1. The Hall–Kier alpha value is -1.02. The molecule has 2 aromatic rings. The van der Waals surface area contributed by atoms with E-state index < -0.39 is 8.80 Å². The Morgan fingerprint density at radius 2 is 1.39 bits per heavy atom. The molecule has 0 saturated carbocycles. The van der Waals surface area contributed by atoms with Gasteiger partial charge in [-0.3, -0.25) is 0 Å². The molecule has 0 spiro atoms. The molecule has 1 aliphatic carbocycles. The molecule has 0 aliphatic heterocycles. The molecular formula is C26H38SiTi. The first-order valence-electron chi connectivity index (χ1n) is 8.99. The molecule has 0 N–H and O–H groups in total. The number of rotatable bonds is 3. The van der Waals surface area contributed by atoms with Gasteiger partial charge in [-0.1, -0.05) is 93.9 Å². The zero-order valence-corrected chi connectivity index (χ0v) is 22.1. The van der Waals surface area contributed by atoms with Crippen LogP contribution < -0.4 is 10.4 Å². The molecule has 0 bridgehead atoms. The van der Waals surface area contributed by atoms with Gasteiger partial charge >= 0.3 is 21.7 Å². The topological polar surface area (TPSA) is 0 Å². The summed E-state index contributed by atoms with van der Waals surface area (Å²) in [5.74, 6) is 0. The maximum atomic E-state index is 2.48. The minimum Gasteiger partial charge on any atom is -0.358 e. The van der Waals surface area contributed by atoms with E-state index in [2.05, 4.69) is 90.1 Å². The summed E-state index contributed by atoms with van der Waals surface area (Å²) in [5.41, 5.74) is 7.51. The Kier molecular flexibility index (Phi) is 11.7. The third-order valence-corrected chi connectivity index (χ3v) is 10.7. The van der Waals surface area contributed by atoms with Crippen molar-refractivity contribution in [3.63, 3.8) is 0 Å². The fourth-order valence-corrected chi connectivity index (χ4v) is 8.90. The monoisotopic (exact) mass is 426 g/mol. The normalized spacial score (nSPS) is 18.2. The van der Waals surface area contributed by atoms with Gasteiger partial charge in [0, 0.05) is 0 Å². The van der Waals surface area contributed by atoms with Crippen LogP contribution in [0.2, 0.25) is 5.04 Å². The SMILES string of the molecule is Cc1ccccc1[SiH]([c-]1c(C)c(C)c(C)c1C)C1(C)C=CC=CC1.[CH3-].[CH3-].[CH3-].[Ti+4]. The largest absolute Gasteiger partial charge is 4.00 e. The first-order chi connectivity index (χ1) is 11.4. The molecule has 0 aromatic heterocycles. The molecule has 0 radical (unpaired) electrons. The molecule has 28 heavy (non-hydrogen) atoms. The summed E-state index contributed by atoms with van der Waals surface area (Å²) in [5, 5.41) is 3.54. The predicted molar refractivity (Wildman–Crippen MR) is 129 cm³/mol. The molecule has 0 amide bonds. The standard InChI is InChI=1S/C23H29Si.3CH3.Ti/c1-16-12-8-9-13-21(16)24(23(6)14-10-7-11-15-23)22-19(4)17(2)18(3)20(22)5;;;;/h7-14,24H,15H2,1-6H3;3*1H3;/q4*-1;+4. The molecule has 2 atom stereocenters. The molecule has 3 rings (SSSR count). The van der Waals surface area contributed by atoms with E-state index in [9.17, 15) is 0 Å². The summed E-state index contributed by atoms with van der Waals surface area (Å²) in [6, 6.07) is 9.07. The molecule has 0 heterocycles. The first kappa shape index (κ1) is 29.2. The fraction of sp³-hybridized carbons (Fsp3) is 0.308. The molecule has 0 nitrogen and oxygen atoms in total. The maximum absolute atomic E-state index is 2.48. The smallest absolute Gasteiger partial charge is 0.358 e. The van der Waals surface area contributed by atoms with Gasteiger partial charge in [-0.2, -0.15) is 27.4 Å². The molecule has 0 fully saturated rings. The van der Waals surface area contributed by atoms with E-state index in [-0.39, 0.29) is 49.0 Å². The van der Waals surface area contributed by atoms with Crippen molar-refractivity contribution < 1.29 is 21.7 Å². The third-order valence-electron chi connectivity index (χ3n) is 6.22. The van der Waals surface area contributed by atoms with Crippen molar-refractivity contribution in [1.29, 1.82) is 0 Å². The second-order valence-corrected chi connectivity index (χ2v) is 11.1. The van der Waals surface area contributed by atoms with Crippen molar-refractivity contribution in [3.8, 4) is 0 Å². The summed E-state index contributed by atoms with van der Waals surface area (Å²) in [6.45, 7) is 14.0. The van der Waals surface area contributed by atoms with Crippen LogP contribution in [-0.2, 0) is 21.7 Å². The van der Waals surface area contributed by atoms with E-state index in [1.807, 2.05) is 0 Å². The summed E-state index contributed by atoms with van der Waals surface area (Å²) < 4.78 is 0. The van der Waals surface area contributed by atoms with Crippen molar-refractivity contribution in [2.75, 3.05) is 0 Å². The molecule has 0 saturated heterocycles.